The predicted molar refractivity (Wildman–Crippen MR) is 128 cm³/mol. The average molecular weight is 500 g/mol. The molecule has 2 aromatic heterocycles. The molecule has 0 unspecified atom stereocenters. The number of methoxy groups -OCH3 is 2. The molecule has 1 fully saturated rings. The zero-order valence-electron chi connectivity index (χ0n) is 20.3. The van der Waals surface area contributed by atoms with Gasteiger partial charge in [-0.15, -0.1) is 5.10 Å². The van der Waals surface area contributed by atoms with Crippen LogP contribution in [0.5, 0.6) is 17.2 Å². The van der Waals surface area contributed by atoms with Crippen LogP contribution in [0.3, 0.4) is 0 Å². The van der Waals surface area contributed by atoms with Crippen molar-refractivity contribution in [2.45, 2.75) is 44.7 Å². The van der Waals surface area contributed by atoms with Gasteiger partial charge in [0.05, 0.1) is 26.1 Å². The number of nitrogens with zero attached hydrogens (tertiary/aromatic N) is 7. The molecule has 4 rings (SSSR count). The highest BCUT2D eigenvalue weighted by Gasteiger charge is 2.27. The Bertz CT molecular complexity index is 1210. The van der Waals surface area contributed by atoms with Gasteiger partial charge >= 0.3 is 0 Å². The van der Waals surface area contributed by atoms with Crippen LogP contribution in [0.1, 0.15) is 53.8 Å². The molecular weight excluding hydrogens is 470 g/mol. The molecule has 2 heterocycles. The Hall–Kier alpha value is -4.20. The van der Waals surface area contributed by atoms with Crippen LogP contribution in [0.4, 0.5) is 5.82 Å². The predicted octanol–water partition coefficient (Wildman–Crippen LogP) is 1.48. The van der Waals surface area contributed by atoms with E-state index in [2.05, 4.69) is 36.1 Å². The molecule has 1 aliphatic carbocycles. The van der Waals surface area contributed by atoms with E-state index >= 15 is 0 Å². The Kier molecular flexibility index (Phi) is 7.63. The number of benzene rings is 1. The van der Waals surface area contributed by atoms with Crippen molar-refractivity contribution < 1.29 is 24.0 Å². The minimum Gasteiger partial charge on any atom is -0.502 e. The van der Waals surface area contributed by atoms with Crippen molar-refractivity contribution in [2.75, 3.05) is 27.0 Å². The molecule has 1 aliphatic rings. The van der Waals surface area contributed by atoms with E-state index in [4.69, 9.17) is 19.8 Å². The maximum Gasteiger partial charge on any atom is 0.293 e. The second kappa shape index (κ2) is 11.0. The lowest BCUT2D eigenvalue weighted by Gasteiger charge is -2.31. The molecule has 36 heavy (non-hydrogen) atoms. The molecule has 0 radical (unpaired) electrons. The number of carbonyl (C=O) groups excluding carboxylic acids is 1. The Morgan fingerprint density at radius 2 is 1.97 bits per heavy atom. The van der Waals surface area contributed by atoms with Gasteiger partial charge in [-0.2, -0.15) is 9.78 Å². The van der Waals surface area contributed by atoms with Crippen LogP contribution in [0.2, 0.25) is 0 Å². The SMILES string of the molecule is COc1cc(C=NNC(=O)c2nnn(-c3nonc3N)c2CN(C)C2CCCCC2)cc(OC)c1O. The first-order chi connectivity index (χ1) is 17.4. The first-order valence-electron chi connectivity index (χ1n) is 11.4. The van der Waals surface area contributed by atoms with Crippen molar-refractivity contribution in [1.29, 1.82) is 0 Å². The Labute approximate surface area is 207 Å². The maximum absolute atomic E-state index is 13.0. The Balaban J connectivity index is 1.57. The number of hydrogen-bond acceptors (Lipinski definition) is 12. The highest BCUT2D eigenvalue weighted by atomic mass is 16.6. The van der Waals surface area contributed by atoms with E-state index in [0.29, 0.717) is 23.8 Å². The molecule has 0 aliphatic heterocycles. The number of aromatic nitrogens is 5. The second-order valence-corrected chi connectivity index (χ2v) is 8.45. The summed E-state index contributed by atoms with van der Waals surface area (Å²) in [4.78, 5) is 15.2. The van der Waals surface area contributed by atoms with Crippen LogP contribution < -0.4 is 20.6 Å². The topological polar surface area (TPSA) is 179 Å². The number of nitrogens with two attached hydrogens (primary N) is 1. The smallest absolute Gasteiger partial charge is 0.293 e. The summed E-state index contributed by atoms with van der Waals surface area (Å²) in [5.41, 5.74) is 9.41. The lowest BCUT2D eigenvalue weighted by Crippen LogP contribution is -2.34. The molecule has 0 spiro atoms. The molecule has 14 nitrogen and oxygen atoms in total. The van der Waals surface area contributed by atoms with Gasteiger partial charge < -0.3 is 20.3 Å². The van der Waals surface area contributed by atoms with Gasteiger partial charge in [-0.05, 0) is 42.3 Å². The van der Waals surface area contributed by atoms with Crippen molar-refractivity contribution >= 4 is 17.9 Å². The summed E-state index contributed by atoms with van der Waals surface area (Å²) in [7, 11) is 4.84. The van der Waals surface area contributed by atoms with Crippen molar-refractivity contribution in [3.8, 4) is 23.1 Å². The largest absolute Gasteiger partial charge is 0.502 e. The number of nitrogens with one attached hydrogen (secondary N) is 1. The number of carbonyl (C=O) groups is 1. The number of rotatable bonds is 9. The third-order valence-electron chi connectivity index (χ3n) is 6.15. The van der Waals surface area contributed by atoms with Gasteiger partial charge in [-0.25, -0.2) is 10.1 Å². The van der Waals surface area contributed by atoms with Gasteiger partial charge in [-0.3, -0.25) is 9.69 Å². The van der Waals surface area contributed by atoms with Crippen molar-refractivity contribution in [1.82, 2.24) is 35.6 Å². The molecule has 192 valence electrons. The standard InChI is InChI=1S/C22H29N9O5/c1-30(14-7-5-4-6-8-14)12-15-18(25-29-31(15)21-20(23)27-36-28-21)22(33)26-24-11-13-9-16(34-2)19(32)17(10-13)35-3/h9-11,14,32H,4-8,12H2,1-3H3,(H2,23,27)(H,26,33). The van der Waals surface area contributed by atoms with Crippen LogP contribution in [0, 0.1) is 0 Å². The third-order valence-corrected chi connectivity index (χ3v) is 6.15. The van der Waals surface area contributed by atoms with E-state index in [-0.39, 0.29) is 34.6 Å². The molecule has 14 heteroatoms. The van der Waals surface area contributed by atoms with Gasteiger partial charge in [0.1, 0.15) is 0 Å². The summed E-state index contributed by atoms with van der Waals surface area (Å²) in [5, 5.41) is 29.6. The van der Waals surface area contributed by atoms with Gasteiger partial charge in [0, 0.05) is 18.2 Å². The number of hydrazone groups is 1. The van der Waals surface area contributed by atoms with Gasteiger partial charge in [-0.1, -0.05) is 24.5 Å². The van der Waals surface area contributed by atoms with E-state index in [1.54, 1.807) is 12.1 Å². The zero-order chi connectivity index (χ0) is 25.7. The van der Waals surface area contributed by atoms with E-state index in [9.17, 15) is 9.90 Å². The van der Waals surface area contributed by atoms with Gasteiger partial charge in [0.2, 0.25) is 17.4 Å². The summed E-state index contributed by atoms with van der Waals surface area (Å²) in [5.74, 6) is -0.112. The number of nitrogen functional groups attached to an aromatic ring is 1. The molecule has 1 saturated carbocycles. The number of amides is 1. The van der Waals surface area contributed by atoms with Crippen LogP contribution in [-0.2, 0) is 6.54 Å². The second-order valence-electron chi connectivity index (χ2n) is 8.45. The number of phenolic OH excluding ortho intramolecular Hbond substituents is 1. The molecule has 0 bridgehead atoms. The Morgan fingerprint density at radius 1 is 1.28 bits per heavy atom. The summed E-state index contributed by atoms with van der Waals surface area (Å²) in [6, 6.07) is 3.48. The third kappa shape index (κ3) is 5.22. The summed E-state index contributed by atoms with van der Waals surface area (Å²) < 4.78 is 16.4. The van der Waals surface area contributed by atoms with E-state index in [1.165, 1.54) is 44.4 Å². The van der Waals surface area contributed by atoms with E-state index < -0.39 is 5.91 Å². The van der Waals surface area contributed by atoms with Crippen molar-refractivity contribution in [3.63, 3.8) is 0 Å². The van der Waals surface area contributed by atoms with Crippen molar-refractivity contribution in [2.24, 2.45) is 5.10 Å². The fourth-order valence-corrected chi connectivity index (χ4v) is 4.22. The molecule has 1 aromatic carbocycles. The lowest BCUT2D eigenvalue weighted by atomic mass is 9.94. The zero-order valence-corrected chi connectivity index (χ0v) is 20.3. The number of anilines is 1. The van der Waals surface area contributed by atoms with Crippen LogP contribution in [0.25, 0.3) is 5.82 Å². The van der Waals surface area contributed by atoms with Crippen LogP contribution >= 0.6 is 0 Å². The van der Waals surface area contributed by atoms with Gasteiger partial charge in [0.15, 0.2) is 17.2 Å². The summed E-state index contributed by atoms with van der Waals surface area (Å²) in [6.07, 6.45) is 7.12. The maximum atomic E-state index is 13.0. The normalized spacial score (nSPS) is 14.4. The number of hydrogen-bond donors (Lipinski definition) is 3. The van der Waals surface area contributed by atoms with E-state index in [0.717, 1.165) is 12.8 Å². The molecule has 0 saturated heterocycles. The van der Waals surface area contributed by atoms with Crippen LogP contribution in [0.15, 0.2) is 21.9 Å². The summed E-state index contributed by atoms with van der Waals surface area (Å²) >= 11 is 0. The van der Waals surface area contributed by atoms with Crippen molar-refractivity contribution in [3.05, 3.63) is 29.1 Å². The minimum atomic E-state index is -0.572. The monoisotopic (exact) mass is 499 g/mol. The highest BCUT2D eigenvalue weighted by Crippen LogP contribution is 2.36. The molecular formula is C22H29N9O5. The first kappa shape index (κ1) is 24.9. The molecule has 1 amide bonds. The molecule has 3 aromatic rings. The van der Waals surface area contributed by atoms with E-state index in [1.807, 2.05) is 7.05 Å². The Morgan fingerprint density at radius 3 is 2.58 bits per heavy atom. The van der Waals surface area contributed by atoms with Gasteiger partial charge in [0.25, 0.3) is 5.91 Å². The summed E-state index contributed by atoms with van der Waals surface area (Å²) in [6.45, 7) is 0.378. The van der Waals surface area contributed by atoms with Crippen LogP contribution in [-0.4, -0.2) is 74.7 Å². The minimum absolute atomic E-state index is 0.0293. The number of aromatic hydroxyl groups is 1. The first-order valence-corrected chi connectivity index (χ1v) is 11.4. The average Bonchev–Trinajstić information content (AvgIpc) is 3.50. The number of ether oxygens (including phenoxy) is 2. The number of phenols is 1. The molecule has 4 N–H and O–H groups in total. The fourth-order valence-electron chi connectivity index (χ4n) is 4.22. The quantitative estimate of drug-likeness (QED) is 0.287. The lowest BCUT2D eigenvalue weighted by molar-refractivity contribution is 0.0947. The highest BCUT2D eigenvalue weighted by molar-refractivity contribution is 5.94. The fraction of sp³-hybridized carbons (Fsp3) is 0.455. The molecule has 0 atom stereocenters.